The molecule has 0 unspecified atom stereocenters. The van der Waals surface area contributed by atoms with Crippen LogP contribution in [0.1, 0.15) is 21.9 Å². The van der Waals surface area contributed by atoms with E-state index in [9.17, 15) is 9.18 Å². The molecule has 1 heterocycles. The summed E-state index contributed by atoms with van der Waals surface area (Å²) in [4.78, 5) is 12.1. The standard InChI is InChI=1S/C19H14Cl2FNO3/c20-13-3-7-17(16(21)9-13)25-11-15-6-8-18(26-15)19(24)23-10-12-1-4-14(22)5-2-12/h1-9H,10-11H2,(H,23,24). The van der Waals surface area contributed by atoms with Crippen LogP contribution in [0.15, 0.2) is 59.0 Å². The van der Waals surface area contributed by atoms with Crippen LogP contribution in [0.4, 0.5) is 4.39 Å². The SMILES string of the molecule is O=C(NCc1ccc(F)cc1)c1ccc(COc2ccc(Cl)cc2Cl)o1. The van der Waals surface area contributed by atoms with Gasteiger partial charge in [-0.1, -0.05) is 35.3 Å². The molecule has 0 saturated carbocycles. The average Bonchev–Trinajstić information content (AvgIpc) is 3.09. The van der Waals surface area contributed by atoms with Gasteiger partial charge in [-0.3, -0.25) is 4.79 Å². The fourth-order valence-corrected chi connectivity index (χ4v) is 2.65. The third kappa shape index (κ3) is 4.77. The van der Waals surface area contributed by atoms with Gasteiger partial charge in [-0.2, -0.15) is 0 Å². The lowest BCUT2D eigenvalue weighted by Crippen LogP contribution is -2.22. The predicted octanol–water partition coefficient (Wildman–Crippen LogP) is 5.23. The summed E-state index contributed by atoms with van der Waals surface area (Å²) in [6.45, 7) is 0.388. The molecular weight excluding hydrogens is 380 g/mol. The Kier molecular flexibility index (Phi) is 5.81. The fraction of sp³-hybridized carbons (Fsp3) is 0.105. The Morgan fingerprint density at radius 3 is 2.58 bits per heavy atom. The first kappa shape index (κ1) is 18.3. The molecule has 0 atom stereocenters. The lowest BCUT2D eigenvalue weighted by Gasteiger charge is -2.06. The van der Waals surface area contributed by atoms with Gasteiger partial charge >= 0.3 is 0 Å². The Morgan fingerprint density at radius 2 is 1.85 bits per heavy atom. The summed E-state index contributed by atoms with van der Waals surface area (Å²) in [5.41, 5.74) is 0.784. The molecule has 26 heavy (non-hydrogen) atoms. The molecule has 1 N–H and O–H groups in total. The number of rotatable bonds is 6. The van der Waals surface area contributed by atoms with Gasteiger partial charge in [0.1, 0.15) is 23.9 Å². The average molecular weight is 394 g/mol. The Bertz CT molecular complexity index is 909. The largest absolute Gasteiger partial charge is 0.484 e. The van der Waals surface area contributed by atoms with Gasteiger partial charge in [-0.05, 0) is 48.0 Å². The highest BCUT2D eigenvalue weighted by Gasteiger charge is 2.12. The Hall–Kier alpha value is -2.50. The minimum atomic E-state index is -0.370. The van der Waals surface area contributed by atoms with Crippen LogP contribution in [0, 0.1) is 5.82 Å². The first-order valence-electron chi connectivity index (χ1n) is 7.70. The number of ether oxygens (including phenoxy) is 1. The Balaban J connectivity index is 1.55. The van der Waals surface area contributed by atoms with E-state index in [1.165, 1.54) is 12.1 Å². The van der Waals surface area contributed by atoms with Gasteiger partial charge in [0.2, 0.25) is 0 Å². The van der Waals surface area contributed by atoms with E-state index in [4.69, 9.17) is 32.4 Å². The summed E-state index contributed by atoms with van der Waals surface area (Å²) in [5.74, 6) is 0.410. The number of hydrogen-bond acceptors (Lipinski definition) is 3. The van der Waals surface area contributed by atoms with Crippen molar-refractivity contribution in [2.75, 3.05) is 0 Å². The first-order chi connectivity index (χ1) is 12.5. The molecule has 0 aliphatic rings. The third-order valence-corrected chi connectivity index (χ3v) is 4.05. The predicted molar refractivity (Wildman–Crippen MR) is 97.1 cm³/mol. The van der Waals surface area contributed by atoms with E-state index in [0.717, 1.165) is 5.56 Å². The van der Waals surface area contributed by atoms with Gasteiger partial charge in [-0.15, -0.1) is 0 Å². The van der Waals surface area contributed by atoms with Gasteiger partial charge in [-0.25, -0.2) is 4.39 Å². The molecule has 0 spiro atoms. The van der Waals surface area contributed by atoms with Crippen LogP contribution in [-0.2, 0) is 13.2 Å². The molecule has 3 aromatic rings. The zero-order valence-electron chi connectivity index (χ0n) is 13.5. The van der Waals surface area contributed by atoms with Crippen molar-refractivity contribution < 1.29 is 18.3 Å². The molecule has 1 aromatic heterocycles. The minimum Gasteiger partial charge on any atom is -0.484 e. The van der Waals surface area contributed by atoms with E-state index in [1.807, 2.05) is 0 Å². The van der Waals surface area contributed by atoms with Crippen LogP contribution < -0.4 is 10.1 Å². The van der Waals surface area contributed by atoms with E-state index in [1.54, 1.807) is 42.5 Å². The smallest absolute Gasteiger partial charge is 0.287 e. The highest BCUT2D eigenvalue weighted by molar-refractivity contribution is 6.35. The van der Waals surface area contributed by atoms with Crippen molar-refractivity contribution in [2.24, 2.45) is 0 Å². The van der Waals surface area contributed by atoms with Crippen molar-refractivity contribution in [3.8, 4) is 5.75 Å². The number of furan rings is 1. The second kappa shape index (κ2) is 8.25. The van der Waals surface area contributed by atoms with Crippen LogP contribution in [0.5, 0.6) is 5.75 Å². The topological polar surface area (TPSA) is 51.5 Å². The van der Waals surface area contributed by atoms with Gasteiger partial charge < -0.3 is 14.5 Å². The Labute approximate surface area is 159 Å². The van der Waals surface area contributed by atoms with E-state index in [0.29, 0.717) is 21.6 Å². The molecule has 3 rings (SSSR count). The number of halogens is 3. The molecule has 0 bridgehead atoms. The van der Waals surface area contributed by atoms with Gasteiger partial charge in [0.05, 0.1) is 5.02 Å². The maximum atomic E-state index is 12.9. The normalized spacial score (nSPS) is 10.6. The molecule has 0 fully saturated rings. The van der Waals surface area contributed by atoms with Crippen LogP contribution in [0.25, 0.3) is 0 Å². The van der Waals surface area contributed by atoms with Crippen molar-refractivity contribution in [1.82, 2.24) is 5.32 Å². The maximum Gasteiger partial charge on any atom is 0.287 e. The van der Waals surface area contributed by atoms with Crippen LogP contribution in [-0.4, -0.2) is 5.91 Å². The van der Waals surface area contributed by atoms with Crippen molar-refractivity contribution >= 4 is 29.1 Å². The van der Waals surface area contributed by atoms with Crippen LogP contribution in [0.3, 0.4) is 0 Å². The molecule has 4 nitrogen and oxygen atoms in total. The van der Waals surface area contributed by atoms with Crippen LogP contribution in [0.2, 0.25) is 10.0 Å². The monoisotopic (exact) mass is 393 g/mol. The molecule has 2 aromatic carbocycles. The van der Waals surface area contributed by atoms with Crippen molar-refractivity contribution in [3.05, 3.63) is 87.5 Å². The number of carbonyl (C=O) groups is 1. The van der Waals surface area contributed by atoms with Gasteiger partial charge in [0, 0.05) is 11.6 Å². The Morgan fingerprint density at radius 1 is 1.08 bits per heavy atom. The second-order valence-corrected chi connectivity index (χ2v) is 6.28. The minimum absolute atomic E-state index is 0.118. The molecule has 1 amide bonds. The van der Waals surface area contributed by atoms with E-state index in [-0.39, 0.29) is 30.6 Å². The summed E-state index contributed by atoms with van der Waals surface area (Å²) in [7, 11) is 0. The highest BCUT2D eigenvalue weighted by Crippen LogP contribution is 2.28. The third-order valence-electron chi connectivity index (χ3n) is 3.52. The zero-order chi connectivity index (χ0) is 18.5. The lowest BCUT2D eigenvalue weighted by molar-refractivity contribution is 0.0919. The summed E-state index contributed by atoms with van der Waals surface area (Å²) in [6, 6.07) is 14.0. The molecule has 7 heteroatoms. The number of carbonyl (C=O) groups excluding carboxylic acids is 1. The summed E-state index contributed by atoms with van der Waals surface area (Å²) >= 11 is 11.9. The summed E-state index contributed by atoms with van der Waals surface area (Å²) in [6.07, 6.45) is 0. The number of benzene rings is 2. The number of hydrogen-bond donors (Lipinski definition) is 1. The molecule has 0 aliphatic heterocycles. The molecular formula is C19H14Cl2FNO3. The molecule has 0 saturated heterocycles. The van der Waals surface area contributed by atoms with Crippen molar-refractivity contribution in [1.29, 1.82) is 0 Å². The number of amides is 1. The van der Waals surface area contributed by atoms with Gasteiger partial charge in [0.25, 0.3) is 5.91 Å². The van der Waals surface area contributed by atoms with E-state index < -0.39 is 0 Å². The van der Waals surface area contributed by atoms with E-state index in [2.05, 4.69) is 5.32 Å². The first-order valence-corrected chi connectivity index (χ1v) is 8.46. The van der Waals surface area contributed by atoms with Crippen molar-refractivity contribution in [3.63, 3.8) is 0 Å². The highest BCUT2D eigenvalue weighted by atomic mass is 35.5. The van der Waals surface area contributed by atoms with E-state index >= 15 is 0 Å². The zero-order valence-corrected chi connectivity index (χ0v) is 15.0. The van der Waals surface area contributed by atoms with Crippen molar-refractivity contribution in [2.45, 2.75) is 13.2 Å². The maximum absolute atomic E-state index is 12.9. The fourth-order valence-electron chi connectivity index (χ4n) is 2.19. The summed E-state index contributed by atoms with van der Waals surface area (Å²) < 4.78 is 23.9. The lowest BCUT2D eigenvalue weighted by atomic mass is 10.2. The molecule has 0 aliphatic carbocycles. The molecule has 134 valence electrons. The van der Waals surface area contributed by atoms with Crippen LogP contribution >= 0.6 is 23.2 Å². The summed E-state index contributed by atoms with van der Waals surface area (Å²) in [5, 5.41) is 3.61. The second-order valence-electron chi connectivity index (χ2n) is 5.44. The number of nitrogens with one attached hydrogen (secondary N) is 1. The molecule has 0 radical (unpaired) electrons. The quantitative estimate of drug-likeness (QED) is 0.623. The van der Waals surface area contributed by atoms with Gasteiger partial charge in [0.15, 0.2) is 5.76 Å².